The van der Waals surface area contributed by atoms with E-state index in [2.05, 4.69) is 17.2 Å². The Morgan fingerprint density at radius 2 is 2.00 bits per heavy atom. The van der Waals surface area contributed by atoms with Crippen LogP contribution in [0.3, 0.4) is 0 Å². The largest absolute Gasteiger partial charge is 0.496 e. The van der Waals surface area contributed by atoms with E-state index in [1.165, 1.54) is 0 Å². The number of hydrogen-bond donors (Lipinski definition) is 1. The van der Waals surface area contributed by atoms with Crippen molar-refractivity contribution in [3.05, 3.63) is 53.9 Å². The molecule has 0 aliphatic carbocycles. The summed E-state index contributed by atoms with van der Waals surface area (Å²) in [5, 5.41) is 3.24. The van der Waals surface area contributed by atoms with Gasteiger partial charge in [-0.25, -0.2) is 0 Å². The highest BCUT2D eigenvalue weighted by Gasteiger charge is 2.03. The van der Waals surface area contributed by atoms with Crippen molar-refractivity contribution in [1.82, 2.24) is 10.3 Å². The molecule has 20 heavy (non-hydrogen) atoms. The number of para-hydroxylation sites is 1. The lowest BCUT2D eigenvalue weighted by Crippen LogP contribution is -2.12. The summed E-state index contributed by atoms with van der Waals surface area (Å²) in [5.41, 5.74) is 2.03. The number of nitrogens with one attached hydrogen (secondary N) is 1. The van der Waals surface area contributed by atoms with E-state index in [4.69, 9.17) is 9.47 Å². The highest BCUT2D eigenvalue weighted by Crippen LogP contribution is 2.19. The molecule has 0 bridgehead atoms. The second-order valence-corrected chi connectivity index (χ2v) is 4.37. The highest BCUT2D eigenvalue weighted by atomic mass is 16.5. The smallest absolute Gasteiger partial charge is 0.138 e. The van der Waals surface area contributed by atoms with Crippen molar-refractivity contribution < 1.29 is 9.47 Å². The number of benzene rings is 1. The van der Waals surface area contributed by atoms with Crippen molar-refractivity contribution in [1.29, 1.82) is 0 Å². The molecular formula is C16H20N2O2. The topological polar surface area (TPSA) is 43.4 Å². The van der Waals surface area contributed by atoms with Gasteiger partial charge in [0.1, 0.15) is 18.1 Å². The van der Waals surface area contributed by atoms with Gasteiger partial charge in [0.15, 0.2) is 0 Å². The first-order valence-electron chi connectivity index (χ1n) is 6.74. The molecule has 106 valence electrons. The van der Waals surface area contributed by atoms with Gasteiger partial charge in [-0.05, 0) is 24.7 Å². The zero-order chi connectivity index (χ0) is 14.2. The molecular weight excluding hydrogens is 252 g/mol. The molecule has 0 saturated heterocycles. The van der Waals surface area contributed by atoms with Crippen molar-refractivity contribution in [3.8, 4) is 11.5 Å². The van der Waals surface area contributed by atoms with Crippen molar-refractivity contribution >= 4 is 0 Å². The Balaban J connectivity index is 1.93. The number of methoxy groups -OCH3 is 1. The van der Waals surface area contributed by atoms with Crippen LogP contribution in [0.25, 0.3) is 0 Å². The standard InChI is InChI=1S/C16H20N2O2/c1-3-17-10-14-8-9-15(11-18-14)20-12-13-6-4-5-7-16(13)19-2/h4-9,11,17H,3,10,12H2,1-2H3. The zero-order valence-electron chi connectivity index (χ0n) is 11.9. The van der Waals surface area contributed by atoms with Crippen LogP contribution in [0.2, 0.25) is 0 Å². The quantitative estimate of drug-likeness (QED) is 0.841. The second-order valence-electron chi connectivity index (χ2n) is 4.37. The van der Waals surface area contributed by atoms with E-state index in [-0.39, 0.29) is 0 Å². The summed E-state index contributed by atoms with van der Waals surface area (Å²) in [5.74, 6) is 1.60. The van der Waals surface area contributed by atoms with Gasteiger partial charge < -0.3 is 14.8 Å². The Morgan fingerprint density at radius 3 is 2.70 bits per heavy atom. The molecule has 1 heterocycles. The van der Waals surface area contributed by atoms with Crippen molar-refractivity contribution in [3.63, 3.8) is 0 Å². The Bertz CT molecular complexity index is 526. The molecule has 0 amide bonds. The minimum atomic E-state index is 0.470. The molecule has 1 N–H and O–H groups in total. The summed E-state index contributed by atoms with van der Waals surface area (Å²) in [4.78, 5) is 4.35. The van der Waals surface area contributed by atoms with Crippen LogP contribution in [-0.4, -0.2) is 18.6 Å². The van der Waals surface area contributed by atoms with E-state index in [1.54, 1.807) is 13.3 Å². The van der Waals surface area contributed by atoms with Crippen LogP contribution in [0.1, 0.15) is 18.2 Å². The third kappa shape index (κ3) is 3.96. The van der Waals surface area contributed by atoms with Crippen molar-refractivity contribution in [2.45, 2.75) is 20.1 Å². The number of pyridine rings is 1. The van der Waals surface area contributed by atoms with Crippen LogP contribution < -0.4 is 14.8 Å². The number of rotatable bonds is 7. The van der Waals surface area contributed by atoms with Crippen LogP contribution in [0.15, 0.2) is 42.6 Å². The minimum absolute atomic E-state index is 0.470. The first kappa shape index (κ1) is 14.3. The maximum Gasteiger partial charge on any atom is 0.138 e. The molecule has 4 heteroatoms. The van der Waals surface area contributed by atoms with E-state index >= 15 is 0 Å². The Kier molecular flexibility index (Phi) is 5.38. The summed E-state index contributed by atoms with van der Waals surface area (Å²) < 4.78 is 11.0. The number of hydrogen-bond acceptors (Lipinski definition) is 4. The molecule has 0 aliphatic heterocycles. The minimum Gasteiger partial charge on any atom is -0.496 e. The first-order valence-corrected chi connectivity index (χ1v) is 6.74. The maximum absolute atomic E-state index is 5.73. The second kappa shape index (κ2) is 7.50. The Morgan fingerprint density at radius 1 is 1.15 bits per heavy atom. The molecule has 4 nitrogen and oxygen atoms in total. The SMILES string of the molecule is CCNCc1ccc(OCc2ccccc2OC)cn1. The predicted octanol–water partition coefficient (Wildman–Crippen LogP) is 2.78. The monoisotopic (exact) mass is 272 g/mol. The summed E-state index contributed by atoms with van der Waals surface area (Å²) in [6.07, 6.45) is 1.75. The van der Waals surface area contributed by atoms with E-state index in [9.17, 15) is 0 Å². The molecule has 0 atom stereocenters. The van der Waals surface area contributed by atoms with Crippen LogP contribution in [0.4, 0.5) is 0 Å². The molecule has 2 rings (SSSR count). The fourth-order valence-corrected chi connectivity index (χ4v) is 1.84. The molecule has 1 aromatic carbocycles. The van der Waals surface area contributed by atoms with Crippen molar-refractivity contribution in [2.75, 3.05) is 13.7 Å². The van der Waals surface area contributed by atoms with Crippen LogP contribution in [0, 0.1) is 0 Å². The molecule has 1 aromatic heterocycles. The van der Waals surface area contributed by atoms with Crippen LogP contribution >= 0.6 is 0 Å². The summed E-state index contributed by atoms with van der Waals surface area (Å²) in [6, 6.07) is 11.7. The van der Waals surface area contributed by atoms with Gasteiger partial charge in [0.2, 0.25) is 0 Å². The molecule has 0 aliphatic rings. The predicted molar refractivity (Wildman–Crippen MR) is 78.9 cm³/mol. The average molecular weight is 272 g/mol. The van der Waals surface area contributed by atoms with Crippen molar-refractivity contribution in [2.24, 2.45) is 0 Å². The van der Waals surface area contributed by atoms with Gasteiger partial charge in [-0.15, -0.1) is 0 Å². The fraction of sp³-hybridized carbons (Fsp3) is 0.312. The van der Waals surface area contributed by atoms with Gasteiger partial charge in [-0.2, -0.15) is 0 Å². The number of ether oxygens (including phenoxy) is 2. The van der Waals surface area contributed by atoms with E-state index in [0.29, 0.717) is 6.61 Å². The Hall–Kier alpha value is -2.07. The van der Waals surface area contributed by atoms with Gasteiger partial charge in [-0.3, -0.25) is 4.98 Å². The molecule has 0 saturated carbocycles. The molecule has 2 aromatic rings. The Labute approximate surface area is 119 Å². The normalized spacial score (nSPS) is 10.3. The fourth-order valence-electron chi connectivity index (χ4n) is 1.84. The number of aromatic nitrogens is 1. The third-order valence-electron chi connectivity index (χ3n) is 2.94. The highest BCUT2D eigenvalue weighted by molar-refractivity contribution is 5.33. The third-order valence-corrected chi connectivity index (χ3v) is 2.94. The summed E-state index contributed by atoms with van der Waals surface area (Å²) in [7, 11) is 1.66. The molecule has 0 fully saturated rings. The average Bonchev–Trinajstić information content (AvgIpc) is 2.52. The lowest BCUT2D eigenvalue weighted by molar-refractivity contribution is 0.295. The van der Waals surface area contributed by atoms with Gasteiger partial charge >= 0.3 is 0 Å². The van der Waals surface area contributed by atoms with E-state index < -0.39 is 0 Å². The molecule has 0 radical (unpaired) electrons. The first-order chi connectivity index (χ1) is 9.83. The van der Waals surface area contributed by atoms with Gasteiger partial charge in [0.25, 0.3) is 0 Å². The van der Waals surface area contributed by atoms with Crippen LogP contribution in [-0.2, 0) is 13.2 Å². The van der Waals surface area contributed by atoms with E-state index in [0.717, 1.165) is 35.8 Å². The van der Waals surface area contributed by atoms with Gasteiger partial charge in [-0.1, -0.05) is 25.1 Å². The van der Waals surface area contributed by atoms with E-state index in [1.807, 2.05) is 36.4 Å². The zero-order valence-corrected chi connectivity index (χ0v) is 11.9. The maximum atomic E-state index is 5.73. The molecule has 0 unspecified atom stereocenters. The summed E-state index contributed by atoms with van der Waals surface area (Å²) >= 11 is 0. The molecule has 0 spiro atoms. The summed E-state index contributed by atoms with van der Waals surface area (Å²) in [6.45, 7) is 4.26. The number of nitrogens with zero attached hydrogens (tertiary/aromatic N) is 1. The lowest BCUT2D eigenvalue weighted by atomic mass is 10.2. The van der Waals surface area contributed by atoms with Gasteiger partial charge in [0, 0.05) is 12.1 Å². The van der Waals surface area contributed by atoms with Crippen LogP contribution in [0.5, 0.6) is 11.5 Å². The lowest BCUT2D eigenvalue weighted by Gasteiger charge is -2.10. The van der Waals surface area contributed by atoms with Gasteiger partial charge in [0.05, 0.1) is 19.0 Å².